The van der Waals surface area contributed by atoms with Crippen molar-refractivity contribution < 1.29 is 10.2 Å². The summed E-state index contributed by atoms with van der Waals surface area (Å²) in [4.78, 5) is 0. The molecule has 0 aliphatic rings. The van der Waals surface area contributed by atoms with Crippen LogP contribution >= 0.6 is 12.2 Å². The molecule has 0 amide bonds. The Bertz CT molecular complexity index is 701. The van der Waals surface area contributed by atoms with Gasteiger partial charge in [-0.15, -0.1) is 0 Å². The van der Waals surface area contributed by atoms with Gasteiger partial charge >= 0.3 is 0 Å². The van der Waals surface area contributed by atoms with Gasteiger partial charge in [-0.25, -0.2) is 0 Å². The van der Waals surface area contributed by atoms with Crippen LogP contribution in [0.25, 0.3) is 0 Å². The van der Waals surface area contributed by atoms with Crippen LogP contribution in [0.2, 0.25) is 0 Å². The van der Waals surface area contributed by atoms with E-state index in [4.69, 9.17) is 12.2 Å². The second-order valence-electron chi connectivity index (χ2n) is 4.70. The van der Waals surface area contributed by atoms with E-state index in [2.05, 4.69) is 29.1 Å². The van der Waals surface area contributed by atoms with Crippen molar-refractivity contribution in [3.63, 3.8) is 0 Å². The van der Waals surface area contributed by atoms with Crippen molar-refractivity contribution in [1.29, 1.82) is 0 Å². The molecule has 0 atom stereocenters. The molecular weight excluding hydrogens is 288 g/mol. The van der Waals surface area contributed by atoms with E-state index in [0.29, 0.717) is 10.3 Å². The van der Waals surface area contributed by atoms with Gasteiger partial charge in [-0.3, -0.25) is 5.10 Å². The van der Waals surface area contributed by atoms with Crippen molar-refractivity contribution in [2.24, 2.45) is 5.10 Å². The molecule has 0 spiro atoms. The smallest absolute Gasteiger partial charge is 0.216 e. The molecule has 0 aliphatic carbocycles. The Labute approximate surface area is 127 Å². The van der Waals surface area contributed by atoms with Gasteiger partial charge in [0.2, 0.25) is 4.77 Å². The van der Waals surface area contributed by atoms with E-state index in [1.807, 2.05) is 0 Å². The van der Waals surface area contributed by atoms with Crippen LogP contribution in [0.15, 0.2) is 23.3 Å². The molecular formula is C14H18N4O2S. The molecule has 0 fully saturated rings. The molecule has 2 aromatic rings. The maximum Gasteiger partial charge on any atom is 0.216 e. The van der Waals surface area contributed by atoms with Gasteiger partial charge in [0.05, 0.1) is 6.21 Å². The number of aromatic nitrogens is 3. The quantitative estimate of drug-likeness (QED) is 0.450. The van der Waals surface area contributed by atoms with Crippen molar-refractivity contribution in [2.75, 3.05) is 0 Å². The lowest BCUT2D eigenvalue weighted by molar-refractivity contribution is 0.403. The van der Waals surface area contributed by atoms with Crippen molar-refractivity contribution in [3.8, 4) is 11.5 Å². The molecule has 21 heavy (non-hydrogen) atoms. The Morgan fingerprint density at radius 1 is 1.33 bits per heavy atom. The van der Waals surface area contributed by atoms with Gasteiger partial charge in [0.1, 0.15) is 0 Å². The number of aromatic hydroxyl groups is 2. The molecule has 0 bridgehead atoms. The summed E-state index contributed by atoms with van der Waals surface area (Å²) in [6, 6.07) is 4.49. The Balaban J connectivity index is 2.34. The summed E-state index contributed by atoms with van der Waals surface area (Å²) >= 11 is 5.19. The number of phenolic OH excluding ortho intramolecular Hbond substituents is 2. The molecule has 1 aromatic heterocycles. The molecule has 0 saturated heterocycles. The molecule has 0 unspecified atom stereocenters. The Kier molecular flexibility index (Phi) is 4.74. The first kappa shape index (κ1) is 15.2. The van der Waals surface area contributed by atoms with Crippen LogP contribution in [-0.2, 0) is 0 Å². The third kappa shape index (κ3) is 3.30. The fourth-order valence-electron chi connectivity index (χ4n) is 2.08. The Morgan fingerprint density at radius 3 is 2.67 bits per heavy atom. The monoisotopic (exact) mass is 306 g/mol. The highest BCUT2D eigenvalue weighted by Gasteiger charge is 2.14. The van der Waals surface area contributed by atoms with Crippen LogP contribution in [-0.4, -0.2) is 31.3 Å². The number of rotatable bonds is 5. The Hall–Kier alpha value is -2.15. The van der Waals surface area contributed by atoms with E-state index in [9.17, 15) is 10.2 Å². The number of aromatic amines is 1. The van der Waals surface area contributed by atoms with Crippen molar-refractivity contribution in [3.05, 3.63) is 34.4 Å². The topological polar surface area (TPSA) is 86.4 Å². The molecule has 1 heterocycles. The van der Waals surface area contributed by atoms with E-state index in [1.54, 1.807) is 17.0 Å². The fourth-order valence-corrected chi connectivity index (χ4v) is 2.26. The number of benzene rings is 1. The summed E-state index contributed by atoms with van der Waals surface area (Å²) in [5, 5.41) is 30.1. The molecule has 2 rings (SSSR count). The largest absolute Gasteiger partial charge is 0.504 e. The maximum absolute atomic E-state index is 9.47. The molecule has 0 saturated carbocycles. The van der Waals surface area contributed by atoms with Crippen LogP contribution in [0, 0.1) is 4.77 Å². The zero-order valence-corrected chi connectivity index (χ0v) is 12.8. The second kappa shape index (κ2) is 6.53. The van der Waals surface area contributed by atoms with Gasteiger partial charge in [0, 0.05) is 5.92 Å². The maximum atomic E-state index is 9.47. The predicted molar refractivity (Wildman–Crippen MR) is 83.5 cm³/mol. The zero-order valence-electron chi connectivity index (χ0n) is 11.9. The summed E-state index contributed by atoms with van der Waals surface area (Å²) < 4.78 is 2.02. The third-order valence-corrected chi connectivity index (χ3v) is 3.61. The second-order valence-corrected chi connectivity index (χ2v) is 5.09. The molecule has 0 radical (unpaired) electrons. The summed E-state index contributed by atoms with van der Waals surface area (Å²) in [7, 11) is 0. The molecule has 112 valence electrons. The van der Waals surface area contributed by atoms with Crippen molar-refractivity contribution in [2.45, 2.75) is 32.6 Å². The molecule has 3 N–H and O–H groups in total. The van der Waals surface area contributed by atoms with Gasteiger partial charge in [-0.05, 0) is 48.8 Å². The first-order chi connectivity index (χ1) is 10.1. The third-order valence-electron chi connectivity index (χ3n) is 3.35. The SMILES string of the molecule is CCC(CC)c1n[nH]c(=S)n1/N=C\c1ccc(O)c(O)c1. The van der Waals surface area contributed by atoms with Crippen molar-refractivity contribution in [1.82, 2.24) is 14.9 Å². The number of H-pyrrole nitrogens is 1. The lowest BCUT2D eigenvalue weighted by Crippen LogP contribution is -2.05. The zero-order chi connectivity index (χ0) is 15.4. The minimum atomic E-state index is -0.185. The van der Waals surface area contributed by atoms with Gasteiger partial charge in [-0.2, -0.15) is 14.9 Å². The highest BCUT2D eigenvalue weighted by Crippen LogP contribution is 2.24. The molecule has 7 heteroatoms. The van der Waals surface area contributed by atoms with E-state index in [0.717, 1.165) is 18.7 Å². The highest BCUT2D eigenvalue weighted by molar-refractivity contribution is 7.71. The van der Waals surface area contributed by atoms with Gasteiger partial charge in [-0.1, -0.05) is 13.8 Å². The lowest BCUT2D eigenvalue weighted by Gasteiger charge is -2.10. The standard InChI is InChI=1S/C14H18N4O2S/c1-3-10(4-2)13-16-17-14(21)18(13)15-8-9-5-6-11(19)12(20)7-9/h5-8,10,19-20H,3-4H2,1-2H3,(H,17,21)/b15-8-. The van der Waals surface area contributed by atoms with Crippen LogP contribution in [0.1, 0.15) is 44.0 Å². The minimum Gasteiger partial charge on any atom is -0.504 e. The van der Waals surface area contributed by atoms with E-state index in [1.165, 1.54) is 12.1 Å². The van der Waals surface area contributed by atoms with E-state index < -0.39 is 0 Å². The first-order valence-electron chi connectivity index (χ1n) is 6.80. The fraction of sp³-hybridized carbons (Fsp3) is 0.357. The number of hydrogen-bond donors (Lipinski definition) is 3. The van der Waals surface area contributed by atoms with Crippen LogP contribution in [0.4, 0.5) is 0 Å². The van der Waals surface area contributed by atoms with Crippen LogP contribution in [0.3, 0.4) is 0 Å². The lowest BCUT2D eigenvalue weighted by atomic mass is 10.0. The highest BCUT2D eigenvalue weighted by atomic mass is 32.1. The van der Waals surface area contributed by atoms with Crippen LogP contribution < -0.4 is 0 Å². The molecule has 6 nitrogen and oxygen atoms in total. The summed E-state index contributed by atoms with van der Waals surface area (Å²) in [6.45, 7) is 4.19. The summed E-state index contributed by atoms with van der Waals surface area (Å²) in [5.74, 6) is 0.729. The minimum absolute atomic E-state index is 0.162. The first-order valence-corrected chi connectivity index (χ1v) is 7.21. The molecule has 0 aliphatic heterocycles. The number of nitrogens with zero attached hydrogens (tertiary/aromatic N) is 3. The van der Waals surface area contributed by atoms with E-state index >= 15 is 0 Å². The number of phenols is 2. The predicted octanol–water partition coefficient (Wildman–Crippen LogP) is 3.14. The normalized spacial score (nSPS) is 11.6. The number of nitrogens with one attached hydrogen (secondary N) is 1. The summed E-state index contributed by atoms with van der Waals surface area (Å²) in [6.07, 6.45) is 3.47. The van der Waals surface area contributed by atoms with Gasteiger partial charge in [0.25, 0.3) is 0 Å². The molecule has 1 aromatic carbocycles. The van der Waals surface area contributed by atoms with Gasteiger partial charge < -0.3 is 10.2 Å². The van der Waals surface area contributed by atoms with E-state index in [-0.39, 0.29) is 17.4 Å². The number of hydrogen-bond acceptors (Lipinski definition) is 5. The average Bonchev–Trinajstić information content (AvgIpc) is 2.83. The van der Waals surface area contributed by atoms with Crippen LogP contribution in [0.5, 0.6) is 11.5 Å². The van der Waals surface area contributed by atoms with Crippen molar-refractivity contribution >= 4 is 18.4 Å². The average molecular weight is 306 g/mol. The van der Waals surface area contributed by atoms with Gasteiger partial charge in [0.15, 0.2) is 17.3 Å². The Morgan fingerprint density at radius 2 is 2.05 bits per heavy atom. The summed E-state index contributed by atoms with van der Waals surface area (Å²) in [5.41, 5.74) is 0.656.